The highest BCUT2D eigenvalue weighted by Gasteiger charge is 2.44. The molecule has 0 radical (unpaired) electrons. The maximum Gasteiger partial charge on any atom is 0.262 e. The summed E-state index contributed by atoms with van der Waals surface area (Å²) >= 11 is 0. The Morgan fingerprint density at radius 2 is 1.79 bits per heavy atom. The van der Waals surface area contributed by atoms with Crippen LogP contribution in [0.4, 0.5) is 5.69 Å². The monoisotopic (exact) mass is 325 g/mol. The zero-order valence-electron chi connectivity index (χ0n) is 13.3. The summed E-state index contributed by atoms with van der Waals surface area (Å²) in [6, 6.07) is 14.7. The minimum absolute atomic E-state index is 0.0393. The Kier molecular flexibility index (Phi) is 3.76. The third kappa shape index (κ3) is 3.02. The number of nitrogens with one attached hydrogen (secondary N) is 1. The molecule has 1 aliphatic heterocycles. The highest BCUT2D eigenvalue weighted by atomic mass is 16.7. The van der Waals surface area contributed by atoms with Crippen LogP contribution in [0.15, 0.2) is 48.5 Å². The fourth-order valence-corrected chi connectivity index (χ4v) is 3.15. The third-order valence-corrected chi connectivity index (χ3v) is 4.30. The zero-order valence-corrected chi connectivity index (χ0v) is 13.3. The van der Waals surface area contributed by atoms with Crippen LogP contribution in [0, 0.1) is 0 Å². The van der Waals surface area contributed by atoms with Gasteiger partial charge in [0.05, 0.1) is 0 Å². The summed E-state index contributed by atoms with van der Waals surface area (Å²) < 4.78 is 17.4. The highest BCUT2D eigenvalue weighted by molar-refractivity contribution is 5.92. The summed E-state index contributed by atoms with van der Waals surface area (Å²) in [5.74, 6) is 1.41. The molecule has 0 bridgehead atoms. The van der Waals surface area contributed by atoms with Crippen LogP contribution in [0.25, 0.3) is 0 Å². The van der Waals surface area contributed by atoms with Gasteiger partial charge in [-0.25, -0.2) is 0 Å². The summed E-state index contributed by atoms with van der Waals surface area (Å²) in [6.45, 7) is -0.0393. The number of carbonyl (C=O) groups is 1. The topological polar surface area (TPSA) is 56.8 Å². The van der Waals surface area contributed by atoms with Crippen LogP contribution in [0.5, 0.6) is 17.2 Å². The van der Waals surface area contributed by atoms with E-state index in [0.717, 1.165) is 31.4 Å². The van der Waals surface area contributed by atoms with Gasteiger partial charge < -0.3 is 19.5 Å². The van der Waals surface area contributed by atoms with E-state index in [1.54, 1.807) is 0 Å². The van der Waals surface area contributed by atoms with E-state index < -0.39 is 5.79 Å². The average Bonchev–Trinajstić information content (AvgIpc) is 3.20. The SMILES string of the molecule is O=C(COc1ccccc1)Nc1ccc2c(c1)OC1(CCCC1)O2. The average molecular weight is 325 g/mol. The van der Waals surface area contributed by atoms with Gasteiger partial charge in [0.1, 0.15) is 5.75 Å². The van der Waals surface area contributed by atoms with Gasteiger partial charge in [0.2, 0.25) is 0 Å². The summed E-state index contributed by atoms with van der Waals surface area (Å²) in [5.41, 5.74) is 0.675. The number of carbonyl (C=O) groups excluding carboxylic acids is 1. The minimum Gasteiger partial charge on any atom is -0.484 e. The van der Waals surface area contributed by atoms with Crippen molar-refractivity contribution in [3.63, 3.8) is 0 Å². The lowest BCUT2D eigenvalue weighted by molar-refractivity contribution is -0.118. The van der Waals surface area contributed by atoms with Gasteiger partial charge in [-0.2, -0.15) is 0 Å². The van der Waals surface area contributed by atoms with E-state index >= 15 is 0 Å². The molecule has 1 spiro atoms. The second-order valence-corrected chi connectivity index (χ2v) is 6.13. The van der Waals surface area contributed by atoms with Gasteiger partial charge in [0.25, 0.3) is 11.7 Å². The molecule has 24 heavy (non-hydrogen) atoms. The lowest BCUT2D eigenvalue weighted by Gasteiger charge is -2.21. The number of benzene rings is 2. The second-order valence-electron chi connectivity index (χ2n) is 6.13. The quantitative estimate of drug-likeness (QED) is 0.930. The van der Waals surface area contributed by atoms with Crippen molar-refractivity contribution in [1.29, 1.82) is 0 Å². The highest BCUT2D eigenvalue weighted by Crippen LogP contribution is 2.47. The molecule has 2 aliphatic rings. The predicted molar refractivity (Wildman–Crippen MR) is 89.5 cm³/mol. The van der Waals surface area contributed by atoms with Crippen molar-refractivity contribution >= 4 is 11.6 Å². The minimum atomic E-state index is -0.485. The van der Waals surface area contributed by atoms with Gasteiger partial charge in [-0.1, -0.05) is 18.2 Å². The fourth-order valence-electron chi connectivity index (χ4n) is 3.15. The molecule has 1 heterocycles. The maximum absolute atomic E-state index is 12.0. The third-order valence-electron chi connectivity index (χ3n) is 4.30. The Morgan fingerprint density at radius 3 is 2.58 bits per heavy atom. The second kappa shape index (κ2) is 6.07. The molecular formula is C19H19NO4. The molecule has 1 fully saturated rings. The standard InChI is InChI=1S/C19H19NO4/c21-18(13-22-15-6-2-1-3-7-15)20-14-8-9-16-17(12-14)24-19(23-16)10-4-5-11-19/h1-3,6-9,12H,4-5,10-11,13H2,(H,20,21). The van der Waals surface area contributed by atoms with Crippen LogP contribution in [-0.2, 0) is 4.79 Å². The fraction of sp³-hybridized carbons (Fsp3) is 0.316. The summed E-state index contributed by atoms with van der Waals surface area (Å²) in [5, 5.41) is 2.82. The largest absolute Gasteiger partial charge is 0.484 e. The number of hydrogen-bond acceptors (Lipinski definition) is 4. The molecule has 0 aromatic heterocycles. The first-order valence-electron chi connectivity index (χ1n) is 8.22. The summed E-state index contributed by atoms with van der Waals surface area (Å²) in [7, 11) is 0. The van der Waals surface area contributed by atoms with E-state index in [0.29, 0.717) is 17.2 Å². The number of hydrogen-bond donors (Lipinski definition) is 1. The number of para-hydroxylation sites is 1. The van der Waals surface area contributed by atoms with E-state index in [1.165, 1.54) is 0 Å². The molecule has 1 aliphatic carbocycles. The number of amides is 1. The summed E-state index contributed by atoms with van der Waals surface area (Å²) in [6.07, 6.45) is 4.06. The van der Waals surface area contributed by atoms with E-state index in [1.807, 2.05) is 48.5 Å². The van der Waals surface area contributed by atoms with Crippen LogP contribution in [-0.4, -0.2) is 18.3 Å². The lowest BCUT2D eigenvalue weighted by Crippen LogP contribution is -2.34. The number of ether oxygens (including phenoxy) is 3. The van der Waals surface area contributed by atoms with Gasteiger partial charge in [0, 0.05) is 24.6 Å². The molecule has 0 unspecified atom stereocenters. The molecule has 1 saturated carbocycles. The van der Waals surface area contributed by atoms with Gasteiger partial charge in [-0.05, 0) is 37.1 Å². The molecule has 0 atom stereocenters. The number of anilines is 1. The van der Waals surface area contributed by atoms with Crippen LogP contribution < -0.4 is 19.5 Å². The predicted octanol–water partition coefficient (Wildman–Crippen LogP) is 3.75. The first kappa shape index (κ1) is 14.9. The maximum atomic E-state index is 12.0. The molecule has 5 heteroatoms. The van der Waals surface area contributed by atoms with Crippen molar-refractivity contribution in [2.24, 2.45) is 0 Å². The molecule has 5 nitrogen and oxygen atoms in total. The molecule has 1 N–H and O–H groups in total. The van der Waals surface area contributed by atoms with E-state index in [-0.39, 0.29) is 12.5 Å². The molecule has 124 valence electrons. The van der Waals surface area contributed by atoms with Gasteiger partial charge in [-0.15, -0.1) is 0 Å². The molecule has 2 aromatic rings. The molecule has 1 amide bonds. The zero-order chi connectivity index (χ0) is 16.4. The van der Waals surface area contributed by atoms with Crippen LogP contribution in [0.2, 0.25) is 0 Å². The number of fused-ring (bicyclic) bond motifs is 1. The Balaban J connectivity index is 1.37. The van der Waals surface area contributed by atoms with E-state index in [4.69, 9.17) is 14.2 Å². The van der Waals surface area contributed by atoms with Gasteiger partial charge in [-0.3, -0.25) is 4.79 Å². The smallest absolute Gasteiger partial charge is 0.262 e. The van der Waals surface area contributed by atoms with Crippen LogP contribution in [0.3, 0.4) is 0 Å². The van der Waals surface area contributed by atoms with Crippen molar-refractivity contribution in [3.05, 3.63) is 48.5 Å². The van der Waals surface area contributed by atoms with Crippen molar-refractivity contribution in [2.45, 2.75) is 31.5 Å². The summed E-state index contributed by atoms with van der Waals surface area (Å²) in [4.78, 5) is 12.0. The van der Waals surface area contributed by atoms with Crippen LogP contribution >= 0.6 is 0 Å². The van der Waals surface area contributed by atoms with E-state index in [9.17, 15) is 4.79 Å². The van der Waals surface area contributed by atoms with Crippen molar-refractivity contribution in [1.82, 2.24) is 0 Å². The molecular weight excluding hydrogens is 306 g/mol. The van der Waals surface area contributed by atoms with Crippen molar-refractivity contribution < 1.29 is 19.0 Å². The van der Waals surface area contributed by atoms with Crippen molar-refractivity contribution in [3.8, 4) is 17.2 Å². The molecule has 4 rings (SSSR count). The Bertz CT molecular complexity index is 738. The first-order valence-corrected chi connectivity index (χ1v) is 8.22. The molecule has 2 aromatic carbocycles. The first-order chi connectivity index (χ1) is 11.7. The Morgan fingerprint density at radius 1 is 1.04 bits per heavy atom. The number of rotatable bonds is 4. The normalized spacial score (nSPS) is 17.0. The van der Waals surface area contributed by atoms with Crippen molar-refractivity contribution in [2.75, 3.05) is 11.9 Å². The Hall–Kier alpha value is -2.69. The van der Waals surface area contributed by atoms with E-state index in [2.05, 4.69) is 5.32 Å². The van der Waals surface area contributed by atoms with Gasteiger partial charge in [0.15, 0.2) is 18.1 Å². The van der Waals surface area contributed by atoms with Gasteiger partial charge >= 0.3 is 0 Å². The molecule has 0 saturated heterocycles. The van der Waals surface area contributed by atoms with Crippen LogP contribution in [0.1, 0.15) is 25.7 Å². The Labute approximate surface area is 140 Å². The lowest BCUT2D eigenvalue weighted by atomic mass is 10.2.